The van der Waals surface area contributed by atoms with Gasteiger partial charge in [-0.1, -0.05) is 0 Å². The van der Waals surface area contributed by atoms with Crippen LogP contribution in [0.15, 0.2) is 24.3 Å². The van der Waals surface area contributed by atoms with Crippen LogP contribution >= 0.6 is 0 Å². The van der Waals surface area contributed by atoms with Gasteiger partial charge in [0.2, 0.25) is 11.8 Å². The first kappa shape index (κ1) is 19.7. The molecule has 4 N–H and O–H groups in total. The zero-order valence-corrected chi connectivity index (χ0v) is 15.4. The predicted octanol–water partition coefficient (Wildman–Crippen LogP) is 0.458. The highest BCUT2D eigenvalue weighted by Crippen LogP contribution is 2.14. The Hall–Kier alpha value is -2.62. The molecule has 0 bridgehead atoms. The summed E-state index contributed by atoms with van der Waals surface area (Å²) in [6, 6.07) is 4.69. The molecular weight excluding hydrogens is 360 g/mol. The van der Waals surface area contributed by atoms with Crippen LogP contribution in [0.5, 0.6) is 0 Å². The first-order valence-electron chi connectivity index (χ1n) is 8.10. The Bertz CT molecular complexity index is 791. The zero-order chi connectivity index (χ0) is 19.3. The second kappa shape index (κ2) is 8.17. The van der Waals surface area contributed by atoms with Crippen LogP contribution in [0, 0.1) is 0 Å². The summed E-state index contributed by atoms with van der Waals surface area (Å²) in [5.74, 6) is -0.642. The van der Waals surface area contributed by atoms with Crippen LogP contribution in [0.4, 0.5) is 16.2 Å². The summed E-state index contributed by atoms with van der Waals surface area (Å²) in [4.78, 5) is 35.0. The fourth-order valence-electron chi connectivity index (χ4n) is 2.49. The average molecular weight is 382 g/mol. The highest BCUT2D eigenvalue weighted by Gasteiger charge is 2.29. The van der Waals surface area contributed by atoms with Crippen molar-refractivity contribution in [1.29, 1.82) is 0 Å². The number of carbonyl (C=O) groups excluding carboxylic acids is 3. The van der Waals surface area contributed by atoms with Gasteiger partial charge < -0.3 is 21.3 Å². The van der Waals surface area contributed by atoms with Crippen molar-refractivity contribution >= 4 is 39.1 Å². The Labute approximate surface area is 151 Å². The fourth-order valence-corrected chi connectivity index (χ4v) is 4.16. The van der Waals surface area contributed by atoms with Crippen LogP contribution in [-0.4, -0.2) is 49.9 Å². The molecule has 0 aliphatic carbocycles. The highest BCUT2D eigenvalue weighted by molar-refractivity contribution is 7.91. The van der Waals surface area contributed by atoms with Gasteiger partial charge in [0.1, 0.15) is 6.04 Å². The Morgan fingerprint density at radius 3 is 2.15 bits per heavy atom. The van der Waals surface area contributed by atoms with E-state index in [-0.39, 0.29) is 17.4 Å². The number of rotatable bonds is 5. The monoisotopic (exact) mass is 382 g/mol. The largest absolute Gasteiger partial charge is 0.334 e. The number of urea groups is 1. The molecule has 1 aliphatic rings. The summed E-state index contributed by atoms with van der Waals surface area (Å²) in [5.41, 5.74) is 1.12. The normalized spacial score (nSPS) is 19.2. The molecule has 9 nitrogen and oxygen atoms in total. The topological polar surface area (TPSA) is 133 Å². The van der Waals surface area contributed by atoms with Gasteiger partial charge in [-0.05, 0) is 37.6 Å². The minimum absolute atomic E-state index is 0.0580. The van der Waals surface area contributed by atoms with E-state index in [1.54, 1.807) is 24.3 Å². The van der Waals surface area contributed by atoms with E-state index >= 15 is 0 Å². The van der Waals surface area contributed by atoms with Gasteiger partial charge in [-0.25, -0.2) is 13.2 Å². The second-order valence-corrected chi connectivity index (χ2v) is 8.42. The summed E-state index contributed by atoms with van der Waals surface area (Å²) in [6.45, 7) is 2.92. The molecule has 4 amide bonds. The van der Waals surface area contributed by atoms with Crippen LogP contribution in [-0.2, 0) is 19.4 Å². The Morgan fingerprint density at radius 2 is 1.65 bits per heavy atom. The van der Waals surface area contributed by atoms with Gasteiger partial charge in [-0.15, -0.1) is 0 Å². The number of carbonyl (C=O) groups is 3. The van der Waals surface area contributed by atoms with Crippen molar-refractivity contribution in [2.45, 2.75) is 32.4 Å². The van der Waals surface area contributed by atoms with Crippen molar-refractivity contribution in [2.24, 2.45) is 0 Å². The Balaban J connectivity index is 1.81. The molecule has 1 aromatic rings. The number of benzene rings is 1. The van der Waals surface area contributed by atoms with E-state index in [2.05, 4.69) is 21.3 Å². The van der Waals surface area contributed by atoms with Crippen LogP contribution in [0.3, 0.4) is 0 Å². The van der Waals surface area contributed by atoms with Gasteiger partial charge in [-0.2, -0.15) is 0 Å². The molecule has 1 saturated heterocycles. The van der Waals surface area contributed by atoms with Crippen LogP contribution in [0.1, 0.15) is 20.3 Å². The minimum Gasteiger partial charge on any atom is -0.334 e. The maximum atomic E-state index is 12.1. The summed E-state index contributed by atoms with van der Waals surface area (Å²) < 4.78 is 22.8. The molecule has 0 radical (unpaired) electrons. The van der Waals surface area contributed by atoms with E-state index in [0.29, 0.717) is 17.8 Å². The molecular formula is C16H22N4O5S. The number of hydrogen-bond donors (Lipinski definition) is 4. The standard InChI is InChI=1S/C16H22N4O5S/c1-10(17-16(23)20-14-7-8-26(24,25)9-14)15(22)19-13-5-3-12(4-6-13)18-11(2)21/h3-6,10,14H,7-9H2,1-2H3,(H,18,21)(H,19,22)(H2,17,20,23)/t10-,14?/m0/s1. The van der Waals surface area contributed by atoms with E-state index < -0.39 is 33.9 Å². The number of hydrogen-bond acceptors (Lipinski definition) is 5. The molecule has 10 heteroatoms. The van der Waals surface area contributed by atoms with Crippen molar-refractivity contribution in [3.05, 3.63) is 24.3 Å². The predicted molar refractivity (Wildman–Crippen MR) is 97.6 cm³/mol. The molecule has 1 aliphatic heterocycles. The van der Waals surface area contributed by atoms with Crippen LogP contribution in [0.25, 0.3) is 0 Å². The molecule has 142 valence electrons. The van der Waals surface area contributed by atoms with Gasteiger partial charge in [0.05, 0.1) is 11.5 Å². The molecule has 0 saturated carbocycles. The van der Waals surface area contributed by atoms with Crippen molar-refractivity contribution in [3.63, 3.8) is 0 Å². The van der Waals surface area contributed by atoms with Crippen LogP contribution < -0.4 is 21.3 Å². The number of anilines is 2. The lowest BCUT2D eigenvalue weighted by atomic mass is 10.2. The molecule has 0 aromatic heterocycles. The molecule has 2 rings (SSSR count). The lowest BCUT2D eigenvalue weighted by Gasteiger charge is -2.17. The second-order valence-electron chi connectivity index (χ2n) is 6.19. The van der Waals surface area contributed by atoms with Gasteiger partial charge in [-0.3, -0.25) is 9.59 Å². The maximum absolute atomic E-state index is 12.1. The minimum atomic E-state index is -3.09. The number of nitrogens with one attached hydrogen (secondary N) is 4. The third-order valence-corrected chi connectivity index (χ3v) is 5.55. The molecule has 1 heterocycles. The summed E-state index contributed by atoms with van der Waals surface area (Å²) in [6.07, 6.45) is 0.372. The van der Waals surface area contributed by atoms with E-state index in [1.165, 1.54) is 13.8 Å². The van der Waals surface area contributed by atoms with Crippen molar-refractivity contribution in [3.8, 4) is 0 Å². The third-order valence-electron chi connectivity index (χ3n) is 3.78. The lowest BCUT2D eigenvalue weighted by molar-refractivity contribution is -0.117. The SMILES string of the molecule is CC(=O)Nc1ccc(NC(=O)[C@H](C)NC(=O)NC2CCS(=O)(=O)C2)cc1. The zero-order valence-electron chi connectivity index (χ0n) is 14.5. The van der Waals surface area contributed by atoms with Crippen molar-refractivity contribution in [1.82, 2.24) is 10.6 Å². The maximum Gasteiger partial charge on any atom is 0.315 e. The number of sulfone groups is 1. The molecule has 1 aromatic carbocycles. The van der Waals surface area contributed by atoms with E-state index in [1.807, 2.05) is 0 Å². The highest BCUT2D eigenvalue weighted by atomic mass is 32.2. The van der Waals surface area contributed by atoms with E-state index in [9.17, 15) is 22.8 Å². The lowest BCUT2D eigenvalue weighted by Crippen LogP contribution is -2.49. The molecule has 26 heavy (non-hydrogen) atoms. The quantitative estimate of drug-likeness (QED) is 0.587. The molecule has 1 unspecified atom stereocenters. The summed E-state index contributed by atoms with van der Waals surface area (Å²) in [7, 11) is -3.09. The van der Waals surface area contributed by atoms with Gasteiger partial charge in [0, 0.05) is 24.3 Å². The van der Waals surface area contributed by atoms with Gasteiger partial charge >= 0.3 is 6.03 Å². The molecule has 2 atom stereocenters. The van der Waals surface area contributed by atoms with Gasteiger partial charge in [0.15, 0.2) is 9.84 Å². The first-order chi connectivity index (χ1) is 12.1. The van der Waals surface area contributed by atoms with Crippen molar-refractivity contribution in [2.75, 3.05) is 22.1 Å². The van der Waals surface area contributed by atoms with E-state index in [0.717, 1.165) is 0 Å². The fraction of sp³-hybridized carbons (Fsp3) is 0.438. The van der Waals surface area contributed by atoms with Crippen LogP contribution in [0.2, 0.25) is 0 Å². The first-order valence-corrected chi connectivity index (χ1v) is 9.93. The van der Waals surface area contributed by atoms with Crippen molar-refractivity contribution < 1.29 is 22.8 Å². The van der Waals surface area contributed by atoms with Gasteiger partial charge in [0.25, 0.3) is 0 Å². The Kier molecular flexibility index (Phi) is 6.19. The van der Waals surface area contributed by atoms with E-state index in [4.69, 9.17) is 0 Å². The smallest absolute Gasteiger partial charge is 0.315 e. The summed E-state index contributed by atoms with van der Waals surface area (Å²) in [5, 5.41) is 10.3. The molecule has 1 fully saturated rings. The molecule has 0 spiro atoms. The summed E-state index contributed by atoms with van der Waals surface area (Å²) >= 11 is 0. The third kappa shape index (κ3) is 6.03. The Morgan fingerprint density at radius 1 is 1.08 bits per heavy atom. The number of amides is 4. The average Bonchev–Trinajstić information content (AvgIpc) is 2.87.